The average Bonchev–Trinajstić information content (AvgIpc) is 3.43. The maximum Gasteiger partial charge on any atom is 0.408 e. The van der Waals surface area contributed by atoms with Gasteiger partial charge in [-0.25, -0.2) is 9.67 Å². The van der Waals surface area contributed by atoms with E-state index >= 15 is 0 Å². The summed E-state index contributed by atoms with van der Waals surface area (Å²) in [6.07, 6.45) is 5.46. The minimum atomic E-state index is -4.33. The Balaban J connectivity index is 1.28. The lowest BCUT2D eigenvalue weighted by atomic mass is 9.82. The molecule has 6 rings (SSSR count). The maximum atomic E-state index is 12.7. The van der Waals surface area contributed by atoms with Gasteiger partial charge in [-0.05, 0) is 37.6 Å². The predicted molar refractivity (Wildman–Crippen MR) is 121 cm³/mol. The molecule has 4 aromatic heterocycles. The SMILES string of the molecule is FC(F)(F)Cn1cc(-c2cc3c(cn2)cnn3-c2cccc(N3CC4(CCCCN4)C3)n2)cn1. The lowest BCUT2D eigenvalue weighted by molar-refractivity contribution is -0.142. The Bertz CT molecular complexity index is 1330. The summed E-state index contributed by atoms with van der Waals surface area (Å²) in [6.45, 7) is 1.82. The van der Waals surface area contributed by atoms with Crippen molar-refractivity contribution in [3.05, 3.63) is 49.1 Å². The van der Waals surface area contributed by atoms with Crippen LogP contribution in [0.4, 0.5) is 19.0 Å². The fourth-order valence-corrected chi connectivity index (χ4v) is 4.88. The van der Waals surface area contributed by atoms with Gasteiger partial charge in [-0.1, -0.05) is 12.5 Å². The third-order valence-corrected chi connectivity index (χ3v) is 6.55. The molecule has 176 valence electrons. The first-order chi connectivity index (χ1) is 16.4. The lowest BCUT2D eigenvalue weighted by Gasteiger charge is -2.53. The van der Waals surface area contributed by atoms with Crippen LogP contribution >= 0.6 is 0 Å². The van der Waals surface area contributed by atoms with E-state index in [0.29, 0.717) is 17.1 Å². The van der Waals surface area contributed by atoms with Crippen LogP contribution in [0.15, 0.2) is 49.1 Å². The molecular formula is C23H23F3N8. The molecule has 0 amide bonds. The van der Waals surface area contributed by atoms with Crippen LogP contribution in [0.3, 0.4) is 0 Å². The number of hydrogen-bond donors (Lipinski definition) is 1. The first-order valence-electron chi connectivity index (χ1n) is 11.3. The van der Waals surface area contributed by atoms with Crippen LogP contribution in [0.25, 0.3) is 28.0 Å². The van der Waals surface area contributed by atoms with Crippen molar-refractivity contribution >= 4 is 16.7 Å². The normalized spacial score (nSPS) is 17.9. The zero-order valence-electron chi connectivity index (χ0n) is 18.3. The third-order valence-electron chi connectivity index (χ3n) is 6.55. The molecule has 0 aromatic carbocycles. The molecule has 6 heterocycles. The van der Waals surface area contributed by atoms with Gasteiger partial charge in [0.15, 0.2) is 5.82 Å². The number of fused-ring (bicyclic) bond motifs is 1. The van der Waals surface area contributed by atoms with E-state index in [4.69, 9.17) is 4.98 Å². The predicted octanol–water partition coefficient (Wildman–Crippen LogP) is 3.57. The maximum absolute atomic E-state index is 12.7. The van der Waals surface area contributed by atoms with E-state index in [9.17, 15) is 13.2 Å². The second-order valence-corrected chi connectivity index (χ2v) is 9.10. The van der Waals surface area contributed by atoms with Gasteiger partial charge in [-0.3, -0.25) is 9.67 Å². The summed E-state index contributed by atoms with van der Waals surface area (Å²) < 4.78 is 40.6. The summed E-state index contributed by atoms with van der Waals surface area (Å²) in [6, 6.07) is 7.67. The van der Waals surface area contributed by atoms with Crippen LogP contribution in [-0.2, 0) is 6.54 Å². The van der Waals surface area contributed by atoms with Crippen LogP contribution in [0.1, 0.15) is 19.3 Å². The zero-order valence-corrected chi connectivity index (χ0v) is 18.3. The fourth-order valence-electron chi connectivity index (χ4n) is 4.88. The van der Waals surface area contributed by atoms with Crippen molar-refractivity contribution < 1.29 is 13.2 Å². The van der Waals surface area contributed by atoms with Gasteiger partial charge in [0.05, 0.1) is 29.1 Å². The van der Waals surface area contributed by atoms with Gasteiger partial charge >= 0.3 is 6.18 Å². The molecule has 0 radical (unpaired) electrons. The quantitative estimate of drug-likeness (QED) is 0.494. The molecule has 0 saturated carbocycles. The van der Waals surface area contributed by atoms with Crippen LogP contribution in [-0.4, -0.2) is 60.9 Å². The number of rotatable bonds is 4. The molecule has 0 unspecified atom stereocenters. The highest BCUT2D eigenvalue weighted by Gasteiger charge is 2.43. The Kier molecular flexibility index (Phi) is 4.83. The second kappa shape index (κ2) is 7.79. The van der Waals surface area contributed by atoms with E-state index in [-0.39, 0.29) is 5.54 Å². The molecule has 0 bridgehead atoms. The highest BCUT2D eigenvalue weighted by atomic mass is 19.4. The topological polar surface area (TPSA) is 76.7 Å². The van der Waals surface area contributed by atoms with Gasteiger partial charge in [0.2, 0.25) is 0 Å². The van der Waals surface area contributed by atoms with Gasteiger partial charge in [-0.15, -0.1) is 0 Å². The fraction of sp³-hybridized carbons (Fsp3) is 0.391. The Morgan fingerprint density at radius 1 is 1.03 bits per heavy atom. The van der Waals surface area contributed by atoms with Crippen LogP contribution in [0.2, 0.25) is 0 Å². The number of hydrogen-bond acceptors (Lipinski definition) is 6. The lowest BCUT2D eigenvalue weighted by Crippen LogP contribution is -2.70. The van der Waals surface area contributed by atoms with Crippen LogP contribution in [0, 0.1) is 0 Å². The minimum absolute atomic E-state index is 0.214. The highest BCUT2D eigenvalue weighted by molar-refractivity contribution is 5.83. The van der Waals surface area contributed by atoms with E-state index in [2.05, 4.69) is 25.4 Å². The molecule has 2 aliphatic heterocycles. The summed E-state index contributed by atoms with van der Waals surface area (Å²) in [5.74, 6) is 1.58. The van der Waals surface area contributed by atoms with Gasteiger partial charge in [0.1, 0.15) is 12.4 Å². The largest absolute Gasteiger partial charge is 0.408 e. The molecular weight excluding hydrogens is 445 g/mol. The number of alkyl halides is 3. The summed E-state index contributed by atoms with van der Waals surface area (Å²) >= 11 is 0. The van der Waals surface area contributed by atoms with Crippen LogP contribution in [0.5, 0.6) is 0 Å². The number of piperidine rings is 1. The van der Waals surface area contributed by atoms with E-state index in [0.717, 1.165) is 41.0 Å². The smallest absolute Gasteiger partial charge is 0.353 e. The molecule has 0 atom stereocenters. The number of aromatic nitrogens is 6. The Morgan fingerprint density at radius 2 is 1.88 bits per heavy atom. The Hall–Kier alpha value is -3.47. The monoisotopic (exact) mass is 468 g/mol. The molecule has 1 spiro atoms. The van der Waals surface area contributed by atoms with Crippen molar-refractivity contribution in [3.63, 3.8) is 0 Å². The molecule has 1 N–H and O–H groups in total. The van der Waals surface area contributed by atoms with E-state index in [1.807, 2.05) is 18.2 Å². The van der Waals surface area contributed by atoms with E-state index in [1.54, 1.807) is 23.1 Å². The molecule has 4 aromatic rings. The second-order valence-electron chi connectivity index (χ2n) is 9.10. The molecule has 2 fully saturated rings. The highest BCUT2D eigenvalue weighted by Crippen LogP contribution is 2.33. The summed E-state index contributed by atoms with van der Waals surface area (Å²) in [5.41, 5.74) is 2.01. The number of halogens is 3. The average molecular weight is 468 g/mol. The summed E-state index contributed by atoms with van der Waals surface area (Å²) in [5, 5.41) is 12.8. The number of nitrogens with zero attached hydrogens (tertiary/aromatic N) is 7. The van der Waals surface area contributed by atoms with Gasteiger partial charge < -0.3 is 10.2 Å². The van der Waals surface area contributed by atoms with Crippen LogP contribution < -0.4 is 10.2 Å². The van der Waals surface area contributed by atoms with E-state index in [1.165, 1.54) is 31.7 Å². The standard InChI is InChI=1S/C23H23F3N8/c24-23(25,26)15-33-12-17(11-29-33)18-8-19-16(9-27-18)10-30-34(19)21-5-3-4-20(31-21)32-13-22(14-32)6-1-2-7-28-22/h3-5,8-12,28H,1-2,6-7,13-15H2. The van der Waals surface area contributed by atoms with Crippen molar-refractivity contribution in [1.29, 1.82) is 0 Å². The Labute approximate surface area is 193 Å². The van der Waals surface area contributed by atoms with Gasteiger partial charge in [-0.2, -0.15) is 23.4 Å². The molecule has 34 heavy (non-hydrogen) atoms. The minimum Gasteiger partial charge on any atom is -0.353 e. The summed E-state index contributed by atoms with van der Waals surface area (Å²) in [7, 11) is 0. The molecule has 2 saturated heterocycles. The zero-order chi connectivity index (χ0) is 23.3. The van der Waals surface area contributed by atoms with Crippen molar-refractivity contribution in [2.75, 3.05) is 24.5 Å². The molecule has 2 aliphatic rings. The van der Waals surface area contributed by atoms with Gasteiger partial charge in [0.25, 0.3) is 0 Å². The number of pyridine rings is 2. The molecule has 11 heteroatoms. The van der Waals surface area contributed by atoms with E-state index < -0.39 is 12.7 Å². The van der Waals surface area contributed by atoms with Crippen molar-refractivity contribution in [1.82, 2.24) is 34.8 Å². The Morgan fingerprint density at radius 3 is 2.68 bits per heavy atom. The molecule has 8 nitrogen and oxygen atoms in total. The van der Waals surface area contributed by atoms with Crippen molar-refractivity contribution in [3.8, 4) is 17.1 Å². The first kappa shape index (κ1) is 21.1. The third kappa shape index (κ3) is 3.89. The number of anilines is 1. The summed E-state index contributed by atoms with van der Waals surface area (Å²) in [4.78, 5) is 11.5. The van der Waals surface area contributed by atoms with Crippen molar-refractivity contribution in [2.24, 2.45) is 0 Å². The van der Waals surface area contributed by atoms with Gasteiger partial charge in [0, 0.05) is 36.4 Å². The number of nitrogens with one attached hydrogen (secondary N) is 1. The first-order valence-corrected chi connectivity index (χ1v) is 11.3. The molecule has 0 aliphatic carbocycles. The van der Waals surface area contributed by atoms with Crippen molar-refractivity contribution in [2.45, 2.75) is 37.5 Å².